The van der Waals surface area contributed by atoms with Crippen LogP contribution in [-0.2, 0) is 4.79 Å². The minimum atomic E-state index is -0.0365. The molecule has 1 N–H and O–H groups in total. The van der Waals surface area contributed by atoms with Crippen molar-refractivity contribution in [1.82, 2.24) is 10.4 Å². The minimum absolute atomic E-state index is 0.0268. The molecule has 0 spiro atoms. The van der Waals surface area contributed by atoms with E-state index in [9.17, 15) is 4.79 Å². The highest BCUT2D eigenvalue weighted by molar-refractivity contribution is 5.87. The van der Waals surface area contributed by atoms with Crippen molar-refractivity contribution in [2.75, 3.05) is 0 Å². The first kappa shape index (κ1) is 13.2. The van der Waals surface area contributed by atoms with E-state index in [1.807, 2.05) is 6.92 Å². The number of carbonyl (C=O) groups is 1. The molecule has 1 fully saturated rings. The Morgan fingerprint density at radius 3 is 2.12 bits per heavy atom. The molecule has 3 nitrogen and oxygen atoms in total. The van der Waals surface area contributed by atoms with Gasteiger partial charge >= 0.3 is 0 Å². The fourth-order valence-corrected chi connectivity index (χ4v) is 2.60. The van der Waals surface area contributed by atoms with Crippen molar-refractivity contribution in [1.29, 1.82) is 0 Å². The topological polar surface area (TPSA) is 32.3 Å². The molecule has 1 aliphatic rings. The second-order valence-corrected chi connectivity index (χ2v) is 5.79. The standard InChI is InChI=1S/C13H24N2O/c1-6-8-11(16)14-15-12(2,3)9-7-10-13(15,4)5/h6,8H,7,9-10H2,1-5H3,(H,14,16). The van der Waals surface area contributed by atoms with Crippen molar-refractivity contribution < 1.29 is 4.79 Å². The van der Waals surface area contributed by atoms with Gasteiger partial charge in [0.05, 0.1) is 0 Å². The van der Waals surface area contributed by atoms with Crippen LogP contribution in [0.1, 0.15) is 53.9 Å². The molecule has 0 aliphatic carbocycles. The number of amides is 1. The van der Waals surface area contributed by atoms with E-state index in [1.165, 1.54) is 6.42 Å². The summed E-state index contributed by atoms with van der Waals surface area (Å²) in [5.41, 5.74) is 3.06. The summed E-state index contributed by atoms with van der Waals surface area (Å²) in [7, 11) is 0. The van der Waals surface area contributed by atoms with Crippen LogP contribution in [0.15, 0.2) is 12.2 Å². The first-order valence-corrected chi connectivity index (χ1v) is 6.03. The molecule has 1 amide bonds. The third kappa shape index (κ3) is 2.85. The monoisotopic (exact) mass is 224 g/mol. The highest BCUT2D eigenvalue weighted by Crippen LogP contribution is 2.36. The van der Waals surface area contributed by atoms with Crippen molar-refractivity contribution >= 4 is 5.91 Å². The lowest BCUT2D eigenvalue weighted by molar-refractivity contribution is -0.134. The SMILES string of the molecule is CC=CC(=O)NN1C(C)(C)CCCC1(C)C. The van der Waals surface area contributed by atoms with Gasteiger partial charge in [0.1, 0.15) is 0 Å². The summed E-state index contributed by atoms with van der Waals surface area (Å²) in [5.74, 6) is -0.0365. The van der Waals surface area contributed by atoms with E-state index in [0.717, 1.165) is 12.8 Å². The molecule has 0 bridgehead atoms. The Hall–Kier alpha value is -0.830. The first-order valence-electron chi connectivity index (χ1n) is 6.03. The van der Waals surface area contributed by atoms with E-state index in [-0.39, 0.29) is 17.0 Å². The Morgan fingerprint density at radius 1 is 1.19 bits per heavy atom. The van der Waals surface area contributed by atoms with Crippen LogP contribution in [0.25, 0.3) is 0 Å². The summed E-state index contributed by atoms with van der Waals surface area (Å²) in [5, 5.41) is 2.12. The zero-order valence-corrected chi connectivity index (χ0v) is 11.1. The van der Waals surface area contributed by atoms with Gasteiger partial charge in [-0.3, -0.25) is 10.2 Å². The lowest BCUT2D eigenvalue weighted by Gasteiger charge is -2.52. The zero-order chi connectivity index (χ0) is 12.4. The number of hydrogen-bond acceptors (Lipinski definition) is 2. The summed E-state index contributed by atoms with van der Waals surface area (Å²) >= 11 is 0. The summed E-state index contributed by atoms with van der Waals surface area (Å²) in [6.07, 6.45) is 6.79. The summed E-state index contributed by atoms with van der Waals surface area (Å²) in [4.78, 5) is 11.6. The lowest BCUT2D eigenvalue weighted by atomic mass is 9.81. The molecule has 0 aromatic rings. The molecular formula is C13H24N2O. The highest BCUT2D eigenvalue weighted by atomic mass is 16.2. The molecule has 0 radical (unpaired) electrons. The third-order valence-corrected chi connectivity index (χ3v) is 3.33. The molecule has 3 heteroatoms. The average Bonchev–Trinajstić information content (AvgIpc) is 2.11. The summed E-state index contributed by atoms with van der Waals surface area (Å²) in [6, 6.07) is 0. The van der Waals surface area contributed by atoms with Gasteiger partial charge in [0.15, 0.2) is 0 Å². The molecule has 16 heavy (non-hydrogen) atoms. The van der Waals surface area contributed by atoms with E-state index in [0.29, 0.717) is 0 Å². The molecule has 0 aromatic carbocycles. The van der Waals surface area contributed by atoms with Crippen molar-refractivity contribution in [3.63, 3.8) is 0 Å². The van der Waals surface area contributed by atoms with Gasteiger partial charge in [0, 0.05) is 11.1 Å². The second kappa shape index (κ2) is 4.58. The van der Waals surface area contributed by atoms with Crippen LogP contribution >= 0.6 is 0 Å². The minimum Gasteiger partial charge on any atom is -0.284 e. The Morgan fingerprint density at radius 2 is 1.69 bits per heavy atom. The van der Waals surface area contributed by atoms with Crippen LogP contribution in [-0.4, -0.2) is 22.0 Å². The van der Waals surface area contributed by atoms with Crippen LogP contribution < -0.4 is 5.43 Å². The number of rotatable bonds is 2. The van der Waals surface area contributed by atoms with Crippen molar-refractivity contribution in [2.24, 2.45) is 0 Å². The Balaban J connectivity index is 2.83. The number of nitrogens with zero attached hydrogens (tertiary/aromatic N) is 1. The third-order valence-electron chi connectivity index (χ3n) is 3.33. The fourth-order valence-electron chi connectivity index (χ4n) is 2.60. The molecule has 0 saturated carbocycles. The summed E-state index contributed by atoms with van der Waals surface area (Å²) < 4.78 is 0. The van der Waals surface area contributed by atoms with Crippen LogP contribution in [0, 0.1) is 0 Å². The van der Waals surface area contributed by atoms with E-state index in [4.69, 9.17) is 0 Å². The van der Waals surface area contributed by atoms with Crippen molar-refractivity contribution in [3.05, 3.63) is 12.2 Å². The Bertz CT molecular complexity index is 276. The zero-order valence-electron chi connectivity index (χ0n) is 11.1. The van der Waals surface area contributed by atoms with Crippen molar-refractivity contribution in [3.8, 4) is 0 Å². The van der Waals surface area contributed by atoms with Gasteiger partial charge in [-0.15, -0.1) is 0 Å². The molecule has 0 atom stereocenters. The van der Waals surface area contributed by atoms with Crippen molar-refractivity contribution in [2.45, 2.75) is 65.0 Å². The van der Waals surface area contributed by atoms with E-state index in [2.05, 4.69) is 38.1 Å². The number of piperidine rings is 1. The van der Waals surface area contributed by atoms with Gasteiger partial charge in [-0.05, 0) is 60.0 Å². The normalized spacial score (nSPS) is 24.6. The van der Waals surface area contributed by atoms with Gasteiger partial charge in [-0.25, -0.2) is 5.01 Å². The summed E-state index contributed by atoms with van der Waals surface area (Å²) in [6.45, 7) is 10.6. The van der Waals surface area contributed by atoms with Gasteiger partial charge in [0.2, 0.25) is 0 Å². The van der Waals surface area contributed by atoms with E-state index >= 15 is 0 Å². The van der Waals surface area contributed by atoms with Gasteiger partial charge in [0.25, 0.3) is 5.91 Å². The highest BCUT2D eigenvalue weighted by Gasteiger charge is 2.41. The maximum Gasteiger partial charge on any atom is 0.257 e. The number of allylic oxidation sites excluding steroid dienone is 1. The lowest BCUT2D eigenvalue weighted by Crippen LogP contribution is -2.65. The van der Waals surface area contributed by atoms with Crippen LogP contribution in [0.2, 0.25) is 0 Å². The van der Waals surface area contributed by atoms with Gasteiger partial charge < -0.3 is 0 Å². The van der Waals surface area contributed by atoms with Gasteiger partial charge in [-0.2, -0.15) is 0 Å². The predicted molar refractivity (Wildman–Crippen MR) is 66.8 cm³/mol. The maximum atomic E-state index is 11.6. The molecule has 0 aromatic heterocycles. The number of hydrazine groups is 1. The Kier molecular flexibility index (Phi) is 3.79. The first-order chi connectivity index (χ1) is 7.29. The Labute approximate surface area is 98.9 Å². The largest absolute Gasteiger partial charge is 0.284 e. The molecule has 1 rings (SSSR count). The quantitative estimate of drug-likeness (QED) is 0.731. The average molecular weight is 224 g/mol. The van der Waals surface area contributed by atoms with Gasteiger partial charge in [-0.1, -0.05) is 6.08 Å². The van der Waals surface area contributed by atoms with E-state index < -0.39 is 0 Å². The molecule has 0 unspecified atom stereocenters. The second-order valence-electron chi connectivity index (χ2n) is 5.79. The fraction of sp³-hybridized carbons (Fsp3) is 0.769. The molecular weight excluding hydrogens is 200 g/mol. The van der Waals surface area contributed by atoms with Crippen LogP contribution in [0.3, 0.4) is 0 Å². The molecule has 1 aliphatic heterocycles. The smallest absolute Gasteiger partial charge is 0.257 e. The number of nitrogens with one attached hydrogen (secondary N) is 1. The molecule has 92 valence electrons. The van der Waals surface area contributed by atoms with Crippen LogP contribution in [0.4, 0.5) is 0 Å². The van der Waals surface area contributed by atoms with Crippen LogP contribution in [0.5, 0.6) is 0 Å². The number of carbonyl (C=O) groups excluding carboxylic acids is 1. The predicted octanol–water partition coefficient (Wildman–Crippen LogP) is 2.64. The maximum absolute atomic E-state index is 11.6. The molecule has 1 saturated heterocycles. The van der Waals surface area contributed by atoms with E-state index in [1.54, 1.807) is 12.2 Å². The molecule has 1 heterocycles. The number of hydrogen-bond donors (Lipinski definition) is 1.